The summed E-state index contributed by atoms with van der Waals surface area (Å²) in [6.45, 7) is 10.5. The minimum absolute atomic E-state index is 0.696. The monoisotopic (exact) mass is 311 g/mol. The van der Waals surface area contributed by atoms with Gasteiger partial charge in [-0.2, -0.15) is 4.98 Å². The van der Waals surface area contributed by atoms with E-state index >= 15 is 0 Å². The fourth-order valence-corrected chi connectivity index (χ4v) is 2.91. The first-order valence-electron chi connectivity index (χ1n) is 8.34. The Hall–Kier alpha value is -2.14. The molecule has 122 valence electrons. The van der Waals surface area contributed by atoms with Crippen LogP contribution in [0.1, 0.15) is 18.1 Å². The van der Waals surface area contributed by atoms with Crippen molar-refractivity contribution < 1.29 is 0 Å². The minimum atomic E-state index is 0.696. The lowest BCUT2D eigenvalue weighted by molar-refractivity contribution is 0.270. The van der Waals surface area contributed by atoms with Gasteiger partial charge in [-0.15, -0.1) is 0 Å². The summed E-state index contributed by atoms with van der Waals surface area (Å²) >= 11 is 0. The van der Waals surface area contributed by atoms with Crippen molar-refractivity contribution in [2.75, 3.05) is 42.9 Å². The van der Waals surface area contributed by atoms with Crippen LogP contribution in [-0.2, 0) is 6.54 Å². The largest absolute Gasteiger partial charge is 0.354 e. The summed E-state index contributed by atoms with van der Waals surface area (Å²) in [5.41, 5.74) is 2.52. The molecule has 1 aliphatic heterocycles. The molecule has 0 unspecified atom stereocenters. The van der Waals surface area contributed by atoms with E-state index < -0.39 is 0 Å². The molecule has 0 atom stereocenters. The van der Waals surface area contributed by atoms with Crippen LogP contribution in [0.4, 0.5) is 11.8 Å². The molecule has 0 amide bonds. The summed E-state index contributed by atoms with van der Waals surface area (Å²) in [5, 5.41) is 3.33. The third-order valence-electron chi connectivity index (χ3n) is 4.32. The van der Waals surface area contributed by atoms with Crippen LogP contribution >= 0.6 is 0 Å². The molecule has 0 radical (unpaired) electrons. The van der Waals surface area contributed by atoms with E-state index in [-0.39, 0.29) is 0 Å². The Morgan fingerprint density at radius 2 is 1.96 bits per heavy atom. The standard InChI is InChI=1S/C18H25N5/c1-3-22-9-11-23(12-10-22)17-7-8-19-18(21-17)20-14-16-6-4-5-15(2)13-16/h4-8,13H,3,9-12,14H2,1-2H3,(H,19,20,21). The Labute approximate surface area is 138 Å². The van der Waals surface area contributed by atoms with E-state index in [1.165, 1.54) is 11.1 Å². The number of nitrogens with one attached hydrogen (secondary N) is 1. The fraction of sp³-hybridized carbons (Fsp3) is 0.444. The third kappa shape index (κ3) is 4.20. The molecule has 1 aromatic carbocycles. The van der Waals surface area contributed by atoms with E-state index in [2.05, 4.69) is 63.2 Å². The van der Waals surface area contributed by atoms with Crippen molar-refractivity contribution >= 4 is 11.8 Å². The molecule has 1 N–H and O–H groups in total. The molecule has 5 heteroatoms. The Morgan fingerprint density at radius 3 is 2.70 bits per heavy atom. The Kier molecular flexibility index (Phi) is 5.08. The highest BCUT2D eigenvalue weighted by atomic mass is 15.3. The maximum atomic E-state index is 4.67. The molecular weight excluding hydrogens is 286 g/mol. The lowest BCUT2D eigenvalue weighted by Gasteiger charge is -2.34. The molecule has 5 nitrogen and oxygen atoms in total. The number of anilines is 2. The summed E-state index contributed by atoms with van der Waals surface area (Å²) in [6, 6.07) is 10.5. The molecule has 3 rings (SSSR count). The van der Waals surface area contributed by atoms with Crippen molar-refractivity contribution in [2.24, 2.45) is 0 Å². The number of nitrogens with zero attached hydrogens (tertiary/aromatic N) is 4. The molecular formula is C18H25N5. The second kappa shape index (κ2) is 7.42. The molecule has 23 heavy (non-hydrogen) atoms. The van der Waals surface area contributed by atoms with Gasteiger partial charge in [0.25, 0.3) is 0 Å². The van der Waals surface area contributed by atoms with Crippen LogP contribution < -0.4 is 10.2 Å². The van der Waals surface area contributed by atoms with Gasteiger partial charge in [-0.3, -0.25) is 0 Å². The van der Waals surface area contributed by atoms with Gasteiger partial charge in [-0.25, -0.2) is 4.98 Å². The normalized spacial score (nSPS) is 15.7. The highest BCUT2D eigenvalue weighted by Gasteiger charge is 2.17. The smallest absolute Gasteiger partial charge is 0.224 e. The maximum absolute atomic E-state index is 4.67. The lowest BCUT2D eigenvalue weighted by Crippen LogP contribution is -2.46. The number of rotatable bonds is 5. The number of aromatic nitrogens is 2. The number of likely N-dealkylation sites (N-methyl/N-ethyl adjacent to an activating group) is 1. The zero-order valence-corrected chi connectivity index (χ0v) is 14.0. The van der Waals surface area contributed by atoms with E-state index in [4.69, 9.17) is 0 Å². The van der Waals surface area contributed by atoms with Crippen molar-refractivity contribution in [1.82, 2.24) is 14.9 Å². The first-order valence-corrected chi connectivity index (χ1v) is 8.34. The van der Waals surface area contributed by atoms with E-state index in [9.17, 15) is 0 Å². The van der Waals surface area contributed by atoms with E-state index in [1.807, 2.05) is 12.3 Å². The summed E-state index contributed by atoms with van der Waals surface area (Å²) in [6.07, 6.45) is 1.84. The average Bonchev–Trinajstić information content (AvgIpc) is 2.60. The zero-order chi connectivity index (χ0) is 16.1. The maximum Gasteiger partial charge on any atom is 0.224 e. The highest BCUT2D eigenvalue weighted by Crippen LogP contribution is 2.15. The quantitative estimate of drug-likeness (QED) is 0.919. The molecule has 0 saturated carbocycles. The molecule has 2 aromatic rings. The van der Waals surface area contributed by atoms with E-state index in [1.54, 1.807) is 0 Å². The second-order valence-electron chi connectivity index (χ2n) is 6.00. The number of hydrogen-bond donors (Lipinski definition) is 1. The Morgan fingerprint density at radius 1 is 1.13 bits per heavy atom. The van der Waals surface area contributed by atoms with Crippen LogP contribution in [0, 0.1) is 6.92 Å². The zero-order valence-electron chi connectivity index (χ0n) is 14.0. The Bertz CT molecular complexity index is 635. The number of aryl methyl sites for hydroxylation is 1. The first-order chi connectivity index (χ1) is 11.2. The summed E-state index contributed by atoms with van der Waals surface area (Å²) < 4.78 is 0. The van der Waals surface area contributed by atoms with Gasteiger partial charge >= 0.3 is 0 Å². The summed E-state index contributed by atoms with van der Waals surface area (Å²) in [5.74, 6) is 1.71. The van der Waals surface area contributed by atoms with Crippen LogP contribution in [-0.4, -0.2) is 47.6 Å². The predicted octanol–water partition coefficient (Wildman–Crippen LogP) is 2.54. The molecule has 2 heterocycles. The van der Waals surface area contributed by atoms with Gasteiger partial charge in [0.1, 0.15) is 5.82 Å². The predicted molar refractivity (Wildman–Crippen MR) is 94.9 cm³/mol. The number of benzene rings is 1. The van der Waals surface area contributed by atoms with Gasteiger partial charge in [-0.05, 0) is 25.1 Å². The fourth-order valence-electron chi connectivity index (χ4n) is 2.91. The van der Waals surface area contributed by atoms with Gasteiger partial charge < -0.3 is 15.1 Å². The SMILES string of the molecule is CCN1CCN(c2ccnc(NCc3cccc(C)c3)n2)CC1. The topological polar surface area (TPSA) is 44.3 Å². The van der Waals surface area contributed by atoms with E-state index in [0.29, 0.717) is 5.95 Å². The molecule has 0 spiro atoms. The molecule has 1 fully saturated rings. The van der Waals surface area contributed by atoms with Crippen molar-refractivity contribution in [3.8, 4) is 0 Å². The summed E-state index contributed by atoms with van der Waals surface area (Å²) in [4.78, 5) is 13.8. The van der Waals surface area contributed by atoms with Gasteiger partial charge in [0.05, 0.1) is 0 Å². The van der Waals surface area contributed by atoms with Crippen molar-refractivity contribution in [1.29, 1.82) is 0 Å². The third-order valence-corrected chi connectivity index (χ3v) is 4.32. The Balaban J connectivity index is 1.61. The van der Waals surface area contributed by atoms with Crippen LogP contribution in [0.3, 0.4) is 0 Å². The van der Waals surface area contributed by atoms with Crippen molar-refractivity contribution in [3.63, 3.8) is 0 Å². The van der Waals surface area contributed by atoms with Crippen LogP contribution in [0.15, 0.2) is 36.5 Å². The highest BCUT2D eigenvalue weighted by molar-refractivity contribution is 5.43. The van der Waals surface area contributed by atoms with E-state index in [0.717, 1.165) is 45.1 Å². The first kappa shape index (κ1) is 15.7. The van der Waals surface area contributed by atoms with Crippen LogP contribution in [0.25, 0.3) is 0 Å². The van der Waals surface area contributed by atoms with Gasteiger partial charge in [0, 0.05) is 38.9 Å². The average molecular weight is 311 g/mol. The molecule has 1 aromatic heterocycles. The van der Waals surface area contributed by atoms with Gasteiger partial charge in [0.2, 0.25) is 5.95 Å². The molecule has 1 saturated heterocycles. The van der Waals surface area contributed by atoms with Crippen LogP contribution in [0.2, 0.25) is 0 Å². The van der Waals surface area contributed by atoms with Crippen LogP contribution in [0.5, 0.6) is 0 Å². The van der Waals surface area contributed by atoms with Gasteiger partial charge in [-0.1, -0.05) is 36.8 Å². The lowest BCUT2D eigenvalue weighted by atomic mass is 10.1. The molecule has 0 bridgehead atoms. The molecule has 0 aliphatic carbocycles. The van der Waals surface area contributed by atoms with Gasteiger partial charge in [0.15, 0.2) is 0 Å². The number of piperazine rings is 1. The number of hydrogen-bond acceptors (Lipinski definition) is 5. The van der Waals surface area contributed by atoms with Crippen molar-refractivity contribution in [2.45, 2.75) is 20.4 Å². The summed E-state index contributed by atoms with van der Waals surface area (Å²) in [7, 11) is 0. The minimum Gasteiger partial charge on any atom is -0.354 e. The second-order valence-corrected chi connectivity index (χ2v) is 6.00. The molecule has 1 aliphatic rings. The van der Waals surface area contributed by atoms with Crippen molar-refractivity contribution in [3.05, 3.63) is 47.7 Å².